The van der Waals surface area contributed by atoms with Crippen LogP contribution in [0.25, 0.3) is 5.69 Å². The predicted molar refractivity (Wildman–Crippen MR) is 82.4 cm³/mol. The summed E-state index contributed by atoms with van der Waals surface area (Å²) in [5, 5.41) is 13.3. The molecule has 1 N–H and O–H groups in total. The minimum atomic E-state index is -0.985. The number of hydrogen-bond acceptors (Lipinski definition) is 4. The van der Waals surface area contributed by atoms with Gasteiger partial charge in [-0.15, -0.1) is 0 Å². The highest BCUT2D eigenvalue weighted by molar-refractivity contribution is 5.97. The number of nitrogens with zero attached hydrogens (tertiary/aromatic N) is 4. The van der Waals surface area contributed by atoms with E-state index in [1.54, 1.807) is 36.1 Å². The summed E-state index contributed by atoms with van der Waals surface area (Å²) in [5.74, 6) is -1.23. The van der Waals surface area contributed by atoms with E-state index in [1.165, 1.54) is 11.2 Å². The maximum absolute atomic E-state index is 12.8. The van der Waals surface area contributed by atoms with Crippen molar-refractivity contribution in [1.82, 2.24) is 19.7 Å². The third-order valence-electron chi connectivity index (χ3n) is 4.06. The molecule has 7 nitrogen and oxygen atoms in total. The molecule has 1 heterocycles. The van der Waals surface area contributed by atoms with Crippen molar-refractivity contribution in [1.29, 1.82) is 0 Å². The van der Waals surface area contributed by atoms with Crippen LogP contribution in [0.3, 0.4) is 0 Å². The van der Waals surface area contributed by atoms with Crippen LogP contribution in [0.15, 0.2) is 30.9 Å². The van der Waals surface area contributed by atoms with Crippen LogP contribution in [-0.4, -0.2) is 48.7 Å². The van der Waals surface area contributed by atoms with Crippen LogP contribution in [-0.2, 0) is 4.79 Å². The Hall–Kier alpha value is -2.70. The third-order valence-corrected chi connectivity index (χ3v) is 4.06. The first-order chi connectivity index (χ1) is 11.0. The van der Waals surface area contributed by atoms with Gasteiger partial charge in [0.25, 0.3) is 5.91 Å². The zero-order valence-corrected chi connectivity index (χ0v) is 13.0. The number of carbonyl (C=O) groups excluding carboxylic acids is 1. The smallest absolute Gasteiger partial charge is 0.326 e. The Labute approximate surface area is 133 Å². The van der Waals surface area contributed by atoms with E-state index < -0.39 is 12.0 Å². The molecule has 1 unspecified atom stereocenters. The number of hydrogen-bond donors (Lipinski definition) is 1. The summed E-state index contributed by atoms with van der Waals surface area (Å²) in [4.78, 5) is 29.4. The van der Waals surface area contributed by atoms with E-state index >= 15 is 0 Å². The number of aromatic nitrogens is 3. The summed E-state index contributed by atoms with van der Waals surface area (Å²) in [6.07, 6.45) is 4.76. The van der Waals surface area contributed by atoms with E-state index in [-0.39, 0.29) is 11.9 Å². The summed E-state index contributed by atoms with van der Waals surface area (Å²) in [6.45, 7) is 3.44. The second-order valence-electron chi connectivity index (χ2n) is 5.80. The molecule has 3 rings (SSSR count). The zero-order valence-electron chi connectivity index (χ0n) is 13.0. The summed E-state index contributed by atoms with van der Waals surface area (Å²) in [6, 6.07) is 4.47. The fraction of sp³-hybridized carbons (Fsp3) is 0.375. The van der Waals surface area contributed by atoms with Gasteiger partial charge in [0.1, 0.15) is 18.7 Å². The van der Waals surface area contributed by atoms with E-state index in [1.807, 2.05) is 6.92 Å². The van der Waals surface area contributed by atoms with Crippen LogP contribution in [0.2, 0.25) is 0 Å². The van der Waals surface area contributed by atoms with Crippen LogP contribution in [0.1, 0.15) is 35.7 Å². The van der Waals surface area contributed by atoms with E-state index in [0.29, 0.717) is 5.56 Å². The molecule has 0 spiro atoms. The van der Waals surface area contributed by atoms with Crippen molar-refractivity contribution in [2.45, 2.75) is 38.8 Å². The monoisotopic (exact) mass is 314 g/mol. The van der Waals surface area contributed by atoms with E-state index in [2.05, 4.69) is 10.1 Å². The Morgan fingerprint density at radius 1 is 1.39 bits per heavy atom. The van der Waals surface area contributed by atoms with Crippen molar-refractivity contribution in [3.63, 3.8) is 0 Å². The standard InChI is InChI=1S/C16H18N4O3/c1-10-7-12(3-6-14(10)19-9-17-8-18-19)15(21)20(13-4-5-13)11(2)16(22)23/h3,6-9,11,13H,4-5H2,1-2H3,(H,22,23). The number of amides is 1. The topological polar surface area (TPSA) is 88.3 Å². The fourth-order valence-corrected chi connectivity index (χ4v) is 2.66. The van der Waals surface area contributed by atoms with Crippen molar-refractivity contribution < 1.29 is 14.7 Å². The van der Waals surface area contributed by atoms with Crippen LogP contribution in [0.4, 0.5) is 0 Å². The average molecular weight is 314 g/mol. The lowest BCUT2D eigenvalue weighted by molar-refractivity contribution is -0.141. The van der Waals surface area contributed by atoms with E-state index in [9.17, 15) is 14.7 Å². The molecule has 23 heavy (non-hydrogen) atoms. The van der Waals surface area contributed by atoms with Gasteiger partial charge in [0, 0.05) is 11.6 Å². The number of carboxylic acid groups (broad SMARTS) is 1. The average Bonchev–Trinajstić information content (AvgIpc) is 3.20. The van der Waals surface area contributed by atoms with Gasteiger partial charge in [-0.05, 0) is 50.5 Å². The van der Waals surface area contributed by atoms with Gasteiger partial charge in [0.05, 0.1) is 5.69 Å². The molecule has 2 aromatic rings. The lowest BCUT2D eigenvalue weighted by Gasteiger charge is -2.26. The molecule has 1 aromatic carbocycles. The Morgan fingerprint density at radius 2 is 2.13 bits per heavy atom. The maximum Gasteiger partial charge on any atom is 0.326 e. The fourth-order valence-electron chi connectivity index (χ4n) is 2.66. The maximum atomic E-state index is 12.8. The van der Waals surface area contributed by atoms with Gasteiger partial charge in [-0.25, -0.2) is 14.5 Å². The normalized spacial score (nSPS) is 15.2. The molecule has 1 aromatic heterocycles. The van der Waals surface area contributed by atoms with Gasteiger partial charge in [0.2, 0.25) is 0 Å². The van der Waals surface area contributed by atoms with Gasteiger partial charge < -0.3 is 10.0 Å². The summed E-state index contributed by atoms with van der Waals surface area (Å²) in [5.41, 5.74) is 2.20. The molecule has 0 radical (unpaired) electrons. The number of aliphatic carboxylic acids is 1. The van der Waals surface area contributed by atoms with Crippen molar-refractivity contribution in [3.05, 3.63) is 42.0 Å². The van der Waals surface area contributed by atoms with Crippen LogP contribution in [0.5, 0.6) is 0 Å². The van der Waals surface area contributed by atoms with Gasteiger partial charge in [-0.2, -0.15) is 5.10 Å². The number of aryl methyl sites for hydroxylation is 1. The molecule has 7 heteroatoms. The number of benzene rings is 1. The summed E-state index contributed by atoms with van der Waals surface area (Å²) in [7, 11) is 0. The minimum absolute atomic E-state index is 0.0314. The van der Waals surface area contributed by atoms with E-state index in [0.717, 1.165) is 24.1 Å². The van der Waals surface area contributed by atoms with Gasteiger partial charge in [0.15, 0.2) is 0 Å². The molecular formula is C16H18N4O3. The Bertz CT molecular complexity index is 738. The molecular weight excluding hydrogens is 296 g/mol. The van der Waals surface area contributed by atoms with E-state index in [4.69, 9.17) is 0 Å². The lowest BCUT2D eigenvalue weighted by atomic mass is 10.1. The first kappa shape index (κ1) is 15.2. The van der Waals surface area contributed by atoms with Crippen LogP contribution < -0.4 is 0 Å². The SMILES string of the molecule is Cc1cc(C(=O)N(C2CC2)C(C)C(=O)O)ccc1-n1cncn1. The number of carboxylic acids is 1. The molecule has 1 amide bonds. The molecule has 1 atom stereocenters. The highest BCUT2D eigenvalue weighted by Crippen LogP contribution is 2.30. The van der Waals surface area contributed by atoms with Crippen molar-refractivity contribution >= 4 is 11.9 Å². The second kappa shape index (κ2) is 5.83. The van der Waals surface area contributed by atoms with Crippen LogP contribution >= 0.6 is 0 Å². The highest BCUT2D eigenvalue weighted by Gasteiger charge is 2.38. The molecule has 0 saturated heterocycles. The highest BCUT2D eigenvalue weighted by atomic mass is 16.4. The Balaban J connectivity index is 1.90. The van der Waals surface area contributed by atoms with Crippen molar-refractivity contribution in [2.75, 3.05) is 0 Å². The first-order valence-electron chi connectivity index (χ1n) is 7.50. The molecule has 1 fully saturated rings. The molecule has 0 bridgehead atoms. The van der Waals surface area contributed by atoms with Crippen molar-refractivity contribution in [2.24, 2.45) is 0 Å². The minimum Gasteiger partial charge on any atom is -0.480 e. The van der Waals surface area contributed by atoms with Gasteiger partial charge >= 0.3 is 5.97 Å². The zero-order chi connectivity index (χ0) is 16.6. The van der Waals surface area contributed by atoms with Crippen LogP contribution in [0, 0.1) is 6.92 Å². The molecule has 120 valence electrons. The number of carbonyl (C=O) groups is 2. The molecule has 0 aliphatic heterocycles. The van der Waals surface area contributed by atoms with Crippen molar-refractivity contribution in [3.8, 4) is 5.69 Å². The van der Waals surface area contributed by atoms with Gasteiger partial charge in [-0.3, -0.25) is 4.79 Å². The third kappa shape index (κ3) is 2.94. The molecule has 1 aliphatic carbocycles. The molecule has 1 saturated carbocycles. The Kier molecular flexibility index (Phi) is 3.85. The largest absolute Gasteiger partial charge is 0.480 e. The quantitative estimate of drug-likeness (QED) is 0.906. The molecule has 1 aliphatic rings. The second-order valence-corrected chi connectivity index (χ2v) is 5.80. The van der Waals surface area contributed by atoms with Gasteiger partial charge in [-0.1, -0.05) is 0 Å². The Morgan fingerprint density at radius 3 is 2.65 bits per heavy atom. The first-order valence-corrected chi connectivity index (χ1v) is 7.50. The summed E-state index contributed by atoms with van der Waals surface area (Å²) < 4.78 is 1.63. The lowest BCUT2D eigenvalue weighted by Crippen LogP contribution is -2.44. The predicted octanol–water partition coefficient (Wildman–Crippen LogP) is 1.65. The number of rotatable bonds is 5. The summed E-state index contributed by atoms with van der Waals surface area (Å²) >= 11 is 0.